The van der Waals surface area contributed by atoms with Crippen molar-refractivity contribution < 1.29 is 4.79 Å². The highest BCUT2D eigenvalue weighted by Crippen LogP contribution is 2.28. The Balaban J connectivity index is 1.93. The van der Waals surface area contributed by atoms with Crippen LogP contribution in [0.15, 0.2) is 36.7 Å². The zero-order valence-electron chi connectivity index (χ0n) is 10.5. The van der Waals surface area contributed by atoms with E-state index in [0.29, 0.717) is 18.6 Å². The first kappa shape index (κ1) is 12.4. The van der Waals surface area contributed by atoms with Crippen molar-refractivity contribution in [2.45, 2.75) is 25.7 Å². The number of ketones is 1. The van der Waals surface area contributed by atoms with E-state index in [9.17, 15) is 4.79 Å². The molecule has 0 atom stereocenters. The van der Waals surface area contributed by atoms with Gasteiger partial charge in [0.2, 0.25) is 0 Å². The predicted molar refractivity (Wildman–Crippen MR) is 75.5 cm³/mol. The van der Waals surface area contributed by atoms with Crippen molar-refractivity contribution in [1.82, 2.24) is 4.98 Å². The van der Waals surface area contributed by atoms with E-state index in [1.807, 2.05) is 24.4 Å². The fourth-order valence-corrected chi connectivity index (χ4v) is 2.79. The van der Waals surface area contributed by atoms with Gasteiger partial charge in [-0.25, -0.2) is 0 Å². The van der Waals surface area contributed by atoms with Crippen molar-refractivity contribution in [2.75, 3.05) is 0 Å². The lowest BCUT2D eigenvalue weighted by Gasteiger charge is -2.17. The average Bonchev–Trinajstić information content (AvgIpc) is 2.41. The maximum absolute atomic E-state index is 11.5. The monoisotopic (exact) mass is 271 g/mol. The van der Waals surface area contributed by atoms with Crippen LogP contribution < -0.4 is 0 Å². The summed E-state index contributed by atoms with van der Waals surface area (Å²) in [6, 6.07) is 8.09. The first-order valence-corrected chi connectivity index (χ1v) is 6.81. The van der Waals surface area contributed by atoms with Crippen LogP contribution >= 0.6 is 11.6 Å². The molecule has 3 rings (SSSR count). The molecule has 1 heterocycles. The van der Waals surface area contributed by atoms with E-state index in [2.05, 4.69) is 11.1 Å². The summed E-state index contributed by atoms with van der Waals surface area (Å²) < 4.78 is 0. The minimum atomic E-state index is 0.309. The molecule has 0 saturated carbocycles. The second-order valence-electron chi connectivity index (χ2n) is 4.97. The third-order valence-electron chi connectivity index (χ3n) is 3.55. The van der Waals surface area contributed by atoms with Gasteiger partial charge < -0.3 is 0 Å². The van der Waals surface area contributed by atoms with E-state index in [0.717, 1.165) is 34.6 Å². The summed E-state index contributed by atoms with van der Waals surface area (Å²) in [7, 11) is 0. The average molecular weight is 272 g/mol. The van der Waals surface area contributed by atoms with E-state index in [-0.39, 0.29) is 0 Å². The van der Waals surface area contributed by atoms with Gasteiger partial charge in [0.15, 0.2) is 0 Å². The lowest BCUT2D eigenvalue weighted by atomic mass is 9.88. The largest absolute Gasteiger partial charge is 0.299 e. The van der Waals surface area contributed by atoms with Crippen molar-refractivity contribution in [2.24, 2.45) is 0 Å². The van der Waals surface area contributed by atoms with Crippen molar-refractivity contribution in [3.8, 4) is 0 Å². The smallest absolute Gasteiger partial charge is 0.137 e. The minimum Gasteiger partial charge on any atom is -0.299 e. The normalized spacial score (nSPS) is 14.3. The highest BCUT2D eigenvalue weighted by atomic mass is 35.5. The van der Waals surface area contributed by atoms with Gasteiger partial charge in [0.1, 0.15) is 5.78 Å². The number of Topliss-reactive ketones (excluding diaryl/α,β-unsaturated/α-hetero) is 1. The van der Waals surface area contributed by atoms with E-state index in [4.69, 9.17) is 11.6 Å². The summed E-state index contributed by atoms with van der Waals surface area (Å²) in [4.78, 5) is 15.6. The minimum absolute atomic E-state index is 0.309. The van der Waals surface area contributed by atoms with Gasteiger partial charge in [-0.05, 0) is 40.8 Å². The molecule has 1 aliphatic carbocycles. The van der Waals surface area contributed by atoms with Crippen LogP contribution in [0.5, 0.6) is 0 Å². The number of rotatable bonds is 2. The van der Waals surface area contributed by atoms with Crippen LogP contribution in [0.25, 0.3) is 0 Å². The Labute approximate surface area is 117 Å². The summed E-state index contributed by atoms with van der Waals surface area (Å²) in [5.41, 5.74) is 4.62. The first-order chi connectivity index (χ1) is 9.22. The van der Waals surface area contributed by atoms with Crippen LogP contribution in [0.3, 0.4) is 0 Å². The number of pyridine rings is 1. The van der Waals surface area contributed by atoms with Crippen LogP contribution in [-0.4, -0.2) is 10.8 Å². The summed E-state index contributed by atoms with van der Waals surface area (Å²) in [6.07, 6.45) is 6.44. The lowest BCUT2D eigenvalue weighted by molar-refractivity contribution is -0.118. The van der Waals surface area contributed by atoms with Gasteiger partial charge in [-0.3, -0.25) is 9.78 Å². The quantitative estimate of drug-likeness (QED) is 0.838. The number of carbonyl (C=O) groups excluding carboxylic acids is 1. The van der Waals surface area contributed by atoms with Crippen LogP contribution in [0, 0.1) is 0 Å². The molecule has 0 saturated heterocycles. The number of carbonyl (C=O) groups is 1. The topological polar surface area (TPSA) is 30.0 Å². The van der Waals surface area contributed by atoms with Gasteiger partial charge in [0, 0.05) is 36.7 Å². The number of fused-ring (bicyclic) bond motifs is 1. The maximum atomic E-state index is 11.5. The third kappa shape index (κ3) is 2.69. The van der Waals surface area contributed by atoms with Gasteiger partial charge in [0.05, 0.1) is 0 Å². The molecule has 19 heavy (non-hydrogen) atoms. The third-order valence-corrected chi connectivity index (χ3v) is 3.90. The number of hydrogen-bond donors (Lipinski definition) is 0. The Morgan fingerprint density at radius 1 is 1.21 bits per heavy atom. The van der Waals surface area contributed by atoms with Crippen molar-refractivity contribution in [3.63, 3.8) is 0 Å². The molecule has 0 bridgehead atoms. The molecule has 0 N–H and O–H groups in total. The molecular formula is C16H14ClNO. The fraction of sp³-hybridized carbons (Fsp3) is 0.250. The molecule has 1 aliphatic rings. The molecule has 2 nitrogen and oxygen atoms in total. The SMILES string of the molecule is O=C1CCc2cc(Cc3cccnc3)c(Cl)cc2C1. The Kier molecular flexibility index (Phi) is 3.34. The van der Waals surface area contributed by atoms with Gasteiger partial charge in [-0.2, -0.15) is 0 Å². The van der Waals surface area contributed by atoms with Crippen LogP contribution in [0.4, 0.5) is 0 Å². The molecule has 1 aromatic carbocycles. The summed E-state index contributed by atoms with van der Waals surface area (Å²) in [5.74, 6) is 0.309. The molecule has 0 spiro atoms. The van der Waals surface area contributed by atoms with E-state index in [1.165, 1.54) is 5.56 Å². The highest BCUT2D eigenvalue weighted by molar-refractivity contribution is 6.31. The molecule has 0 amide bonds. The summed E-state index contributed by atoms with van der Waals surface area (Å²) >= 11 is 6.33. The molecule has 1 aromatic heterocycles. The molecular weight excluding hydrogens is 258 g/mol. The fourth-order valence-electron chi connectivity index (χ4n) is 2.54. The Hall–Kier alpha value is -1.67. The second kappa shape index (κ2) is 5.14. The molecule has 0 radical (unpaired) electrons. The van der Waals surface area contributed by atoms with Crippen LogP contribution in [0.1, 0.15) is 28.7 Å². The number of halogens is 1. The van der Waals surface area contributed by atoms with Crippen molar-refractivity contribution in [3.05, 3.63) is 63.9 Å². The Morgan fingerprint density at radius 2 is 2.11 bits per heavy atom. The maximum Gasteiger partial charge on any atom is 0.137 e. The standard InChI is InChI=1S/C16H14ClNO/c17-16-9-13-8-15(19)4-3-12(13)7-14(16)6-11-2-1-5-18-10-11/h1-2,5,7,9-10H,3-4,6,8H2. The van der Waals surface area contributed by atoms with Crippen molar-refractivity contribution in [1.29, 1.82) is 0 Å². The first-order valence-electron chi connectivity index (χ1n) is 6.43. The molecule has 0 fully saturated rings. The van der Waals surface area contributed by atoms with Gasteiger partial charge in [-0.15, -0.1) is 0 Å². The molecule has 0 unspecified atom stereocenters. The highest BCUT2D eigenvalue weighted by Gasteiger charge is 2.17. The number of aromatic nitrogens is 1. The number of nitrogens with zero attached hydrogens (tertiary/aromatic N) is 1. The predicted octanol–water partition coefficient (Wildman–Crippen LogP) is 3.38. The van der Waals surface area contributed by atoms with E-state index >= 15 is 0 Å². The second-order valence-corrected chi connectivity index (χ2v) is 5.37. The zero-order valence-corrected chi connectivity index (χ0v) is 11.3. The zero-order chi connectivity index (χ0) is 13.2. The van der Waals surface area contributed by atoms with E-state index in [1.54, 1.807) is 6.20 Å². The van der Waals surface area contributed by atoms with Gasteiger partial charge in [0.25, 0.3) is 0 Å². The number of benzene rings is 1. The van der Waals surface area contributed by atoms with E-state index < -0.39 is 0 Å². The Morgan fingerprint density at radius 3 is 2.89 bits per heavy atom. The molecule has 0 aliphatic heterocycles. The number of hydrogen-bond acceptors (Lipinski definition) is 2. The summed E-state index contributed by atoms with van der Waals surface area (Å²) in [5, 5.41) is 0.748. The van der Waals surface area contributed by atoms with Crippen LogP contribution in [-0.2, 0) is 24.1 Å². The van der Waals surface area contributed by atoms with Gasteiger partial charge >= 0.3 is 0 Å². The molecule has 96 valence electrons. The molecule has 3 heteroatoms. The van der Waals surface area contributed by atoms with Crippen molar-refractivity contribution >= 4 is 17.4 Å². The van der Waals surface area contributed by atoms with Crippen LogP contribution in [0.2, 0.25) is 5.02 Å². The molecule has 2 aromatic rings. The van der Waals surface area contributed by atoms with Gasteiger partial charge in [-0.1, -0.05) is 23.7 Å². The number of aryl methyl sites for hydroxylation is 1. The lowest BCUT2D eigenvalue weighted by Crippen LogP contribution is -2.13. The Bertz CT molecular complexity index is 622. The summed E-state index contributed by atoms with van der Waals surface area (Å²) in [6.45, 7) is 0.